The molecule has 136 valence electrons. The number of carbonyl (C=O) groups is 1. The molecule has 8 heteroatoms. The number of nitrogens with zero attached hydrogens (tertiary/aromatic N) is 1. The number of amides is 1. The molecule has 0 saturated heterocycles. The highest BCUT2D eigenvalue weighted by Crippen LogP contribution is 2.22. The van der Waals surface area contributed by atoms with Gasteiger partial charge in [-0.25, -0.2) is 8.42 Å². The molecule has 0 atom stereocenters. The predicted molar refractivity (Wildman–Crippen MR) is 97.7 cm³/mol. The summed E-state index contributed by atoms with van der Waals surface area (Å²) in [6.07, 6.45) is 0. The van der Waals surface area contributed by atoms with Crippen LogP contribution in [0.3, 0.4) is 0 Å². The fourth-order valence-corrected chi connectivity index (χ4v) is 3.88. The van der Waals surface area contributed by atoms with Crippen molar-refractivity contribution in [1.29, 1.82) is 0 Å². The number of sulfonamides is 1. The fraction of sp³-hybridized carbons (Fsp3) is 0.222. The molecule has 26 heavy (non-hydrogen) atoms. The van der Waals surface area contributed by atoms with E-state index in [0.717, 1.165) is 16.9 Å². The minimum absolute atomic E-state index is 0.171. The van der Waals surface area contributed by atoms with Gasteiger partial charge in [-0.1, -0.05) is 24.3 Å². The summed E-state index contributed by atoms with van der Waals surface area (Å²) in [6, 6.07) is 12.2. The molecule has 7 nitrogen and oxygen atoms in total. The van der Waals surface area contributed by atoms with E-state index < -0.39 is 10.0 Å². The van der Waals surface area contributed by atoms with Crippen LogP contribution in [-0.2, 0) is 21.4 Å². The van der Waals surface area contributed by atoms with Crippen LogP contribution >= 0.6 is 0 Å². The van der Waals surface area contributed by atoms with Crippen LogP contribution in [-0.4, -0.2) is 33.8 Å². The Kier molecular flexibility index (Phi) is 4.94. The number of carbonyl (C=O) groups excluding carboxylic acids is 1. The molecule has 0 bridgehead atoms. The summed E-state index contributed by atoms with van der Waals surface area (Å²) in [6.45, 7) is 2.11. The third-order valence-corrected chi connectivity index (χ3v) is 5.40. The van der Waals surface area contributed by atoms with Gasteiger partial charge in [-0.2, -0.15) is 0 Å². The van der Waals surface area contributed by atoms with Gasteiger partial charge in [-0.15, -0.1) is 0 Å². The predicted octanol–water partition coefficient (Wildman–Crippen LogP) is 1.36. The Labute approximate surface area is 152 Å². The Morgan fingerprint density at radius 1 is 1.23 bits per heavy atom. The van der Waals surface area contributed by atoms with Crippen LogP contribution in [0, 0.1) is 6.92 Å². The maximum atomic E-state index is 12.0. The quantitative estimate of drug-likeness (QED) is 0.827. The Morgan fingerprint density at radius 2 is 2.00 bits per heavy atom. The first-order chi connectivity index (χ1) is 12.4. The van der Waals surface area contributed by atoms with Crippen molar-refractivity contribution in [2.24, 2.45) is 4.99 Å². The third-order valence-electron chi connectivity index (χ3n) is 4.01. The van der Waals surface area contributed by atoms with E-state index in [0.29, 0.717) is 12.1 Å². The largest absolute Gasteiger partial charge is 0.496 e. The Hall–Kier alpha value is -2.87. The van der Waals surface area contributed by atoms with Crippen molar-refractivity contribution in [3.8, 4) is 5.75 Å². The van der Waals surface area contributed by atoms with Crippen LogP contribution in [0.5, 0.6) is 5.75 Å². The van der Waals surface area contributed by atoms with Gasteiger partial charge in [0.25, 0.3) is 10.0 Å². The Balaban J connectivity index is 1.64. The van der Waals surface area contributed by atoms with Gasteiger partial charge < -0.3 is 10.1 Å². The molecule has 1 aliphatic rings. The molecule has 3 rings (SSSR count). The topological polar surface area (TPSA) is 96.9 Å². The Bertz CT molecular complexity index is 984. The molecule has 0 saturated carbocycles. The number of ether oxygens (including phenoxy) is 1. The van der Waals surface area contributed by atoms with E-state index in [1.165, 1.54) is 6.07 Å². The first kappa shape index (κ1) is 17.9. The van der Waals surface area contributed by atoms with Crippen molar-refractivity contribution < 1.29 is 17.9 Å². The monoisotopic (exact) mass is 373 g/mol. The zero-order chi connectivity index (χ0) is 18.7. The lowest BCUT2D eigenvalue weighted by Gasteiger charge is -2.08. The van der Waals surface area contributed by atoms with E-state index in [1.807, 2.05) is 25.1 Å². The van der Waals surface area contributed by atoms with E-state index in [1.54, 1.807) is 25.3 Å². The number of methoxy groups -OCH3 is 1. The molecular formula is C18H19N3O4S. The molecule has 2 N–H and O–H groups in total. The number of benzene rings is 2. The molecule has 0 aromatic heterocycles. The van der Waals surface area contributed by atoms with Crippen molar-refractivity contribution in [3.05, 3.63) is 59.2 Å². The zero-order valence-corrected chi connectivity index (χ0v) is 15.3. The van der Waals surface area contributed by atoms with Crippen molar-refractivity contribution >= 4 is 21.8 Å². The van der Waals surface area contributed by atoms with Gasteiger partial charge in [0, 0.05) is 12.1 Å². The number of hydrogen-bond donors (Lipinski definition) is 2. The van der Waals surface area contributed by atoms with Gasteiger partial charge in [0.1, 0.15) is 18.1 Å². The van der Waals surface area contributed by atoms with Gasteiger partial charge in [-0.3, -0.25) is 14.5 Å². The number of rotatable bonds is 5. The average molecular weight is 373 g/mol. The minimum atomic E-state index is -3.60. The lowest BCUT2D eigenvalue weighted by atomic mass is 10.1. The lowest BCUT2D eigenvalue weighted by molar-refractivity contribution is -0.119. The second-order valence-electron chi connectivity index (χ2n) is 5.85. The maximum Gasteiger partial charge on any atom is 0.263 e. The van der Waals surface area contributed by atoms with E-state index in [2.05, 4.69) is 15.0 Å². The minimum Gasteiger partial charge on any atom is -0.496 e. The van der Waals surface area contributed by atoms with Crippen LogP contribution in [0.1, 0.15) is 16.7 Å². The molecule has 2 aromatic rings. The molecule has 0 radical (unpaired) electrons. The molecule has 1 aliphatic heterocycles. The standard InChI is InChI=1S/C18H19N3O4S/c1-12-7-8-13(9-15(12)25-2)10-19-17(22)11-20-18-14-5-3-4-6-16(14)26(23,24)21-18/h3-9H,10-11H2,1-2H3,(H,19,22)(H,20,21). The van der Waals surface area contributed by atoms with E-state index in [9.17, 15) is 13.2 Å². The number of nitrogens with one attached hydrogen (secondary N) is 2. The highest BCUT2D eigenvalue weighted by Gasteiger charge is 2.30. The summed E-state index contributed by atoms with van der Waals surface area (Å²) in [5, 5.41) is 2.76. The summed E-state index contributed by atoms with van der Waals surface area (Å²) >= 11 is 0. The number of hydrogen-bond acceptors (Lipinski definition) is 5. The van der Waals surface area contributed by atoms with Gasteiger partial charge in [-0.05, 0) is 36.2 Å². The summed E-state index contributed by atoms with van der Waals surface area (Å²) in [5.74, 6) is 0.641. The first-order valence-electron chi connectivity index (χ1n) is 7.97. The smallest absolute Gasteiger partial charge is 0.263 e. The van der Waals surface area contributed by atoms with Gasteiger partial charge in [0.15, 0.2) is 0 Å². The van der Waals surface area contributed by atoms with Crippen LogP contribution in [0.2, 0.25) is 0 Å². The Morgan fingerprint density at radius 3 is 2.77 bits per heavy atom. The summed E-state index contributed by atoms with van der Waals surface area (Å²) < 4.78 is 31.6. The second kappa shape index (κ2) is 7.17. The molecular weight excluding hydrogens is 354 g/mol. The normalized spacial score (nSPS) is 16.0. The van der Waals surface area contributed by atoms with E-state index >= 15 is 0 Å². The van der Waals surface area contributed by atoms with Crippen molar-refractivity contribution in [1.82, 2.24) is 10.0 Å². The molecule has 0 aliphatic carbocycles. The molecule has 2 aromatic carbocycles. The highest BCUT2D eigenvalue weighted by atomic mass is 32.2. The number of aryl methyl sites for hydroxylation is 1. The maximum absolute atomic E-state index is 12.0. The summed E-state index contributed by atoms with van der Waals surface area (Å²) in [5.41, 5.74) is 2.39. The van der Waals surface area contributed by atoms with Crippen LogP contribution in [0.25, 0.3) is 0 Å². The molecule has 1 heterocycles. The summed E-state index contributed by atoms with van der Waals surface area (Å²) in [4.78, 5) is 16.3. The lowest BCUT2D eigenvalue weighted by Crippen LogP contribution is -2.28. The van der Waals surface area contributed by atoms with Crippen molar-refractivity contribution in [3.63, 3.8) is 0 Å². The van der Waals surface area contributed by atoms with Crippen LogP contribution < -0.4 is 14.8 Å². The number of amidine groups is 1. The molecule has 0 spiro atoms. The van der Waals surface area contributed by atoms with Gasteiger partial charge >= 0.3 is 0 Å². The van der Waals surface area contributed by atoms with Gasteiger partial charge in [0.2, 0.25) is 5.91 Å². The third kappa shape index (κ3) is 3.70. The van der Waals surface area contributed by atoms with E-state index in [4.69, 9.17) is 4.74 Å². The van der Waals surface area contributed by atoms with Crippen molar-refractivity contribution in [2.45, 2.75) is 18.4 Å². The first-order valence-corrected chi connectivity index (χ1v) is 9.46. The number of aliphatic imine (C=N–C) groups is 1. The fourth-order valence-electron chi connectivity index (χ4n) is 2.63. The second-order valence-corrected chi connectivity index (χ2v) is 7.50. The van der Waals surface area contributed by atoms with Crippen molar-refractivity contribution in [2.75, 3.05) is 13.7 Å². The average Bonchev–Trinajstić information content (AvgIpc) is 2.90. The SMILES string of the molecule is COc1cc(CNC(=O)CN=C2NS(=O)(=O)c3ccccc32)ccc1C. The number of fused-ring (bicyclic) bond motifs is 1. The summed E-state index contributed by atoms with van der Waals surface area (Å²) in [7, 11) is -2.00. The van der Waals surface area contributed by atoms with E-state index in [-0.39, 0.29) is 23.2 Å². The van der Waals surface area contributed by atoms with Gasteiger partial charge in [0.05, 0.1) is 12.0 Å². The van der Waals surface area contributed by atoms with Crippen LogP contribution in [0.4, 0.5) is 0 Å². The van der Waals surface area contributed by atoms with Crippen LogP contribution in [0.15, 0.2) is 52.4 Å². The molecule has 0 fully saturated rings. The highest BCUT2D eigenvalue weighted by molar-refractivity contribution is 7.90. The molecule has 1 amide bonds. The molecule has 0 unspecified atom stereocenters. The zero-order valence-electron chi connectivity index (χ0n) is 14.4.